The number of halogens is 3. The Morgan fingerprint density at radius 1 is 1.53 bits per heavy atom. The molecule has 0 heterocycles. The number of rotatable bonds is 4. The molecular formula is C13H22F3NO2. The second-order valence-electron chi connectivity index (χ2n) is 5.36. The van der Waals surface area contributed by atoms with E-state index in [1.54, 1.807) is 0 Å². The van der Waals surface area contributed by atoms with Gasteiger partial charge in [0.05, 0.1) is 13.0 Å². The zero-order valence-corrected chi connectivity index (χ0v) is 11.6. The molecule has 112 valence electrons. The van der Waals surface area contributed by atoms with Crippen LogP contribution in [0.3, 0.4) is 0 Å². The number of carbonyl (C=O) groups is 1. The Bertz CT molecular complexity index is 320. The number of esters is 1. The first-order chi connectivity index (χ1) is 8.75. The van der Waals surface area contributed by atoms with Gasteiger partial charge < -0.3 is 4.74 Å². The van der Waals surface area contributed by atoms with Gasteiger partial charge in [0, 0.05) is 6.04 Å². The maximum Gasteiger partial charge on any atom is 0.391 e. The van der Waals surface area contributed by atoms with Crippen molar-refractivity contribution in [3.05, 3.63) is 0 Å². The van der Waals surface area contributed by atoms with Gasteiger partial charge >= 0.3 is 12.1 Å². The van der Waals surface area contributed by atoms with Crippen LogP contribution in [0.1, 0.15) is 46.0 Å². The standard InChI is InChI=1S/C13H22F3NO2/c1-4-9(2)17-12(11(18)19-3)7-5-6-10(8-12)13(14,15)16/h9-10,17H,4-8H2,1-3H3. The third-order valence-electron chi connectivity index (χ3n) is 3.93. The number of hydrogen-bond donors (Lipinski definition) is 1. The van der Waals surface area contributed by atoms with Gasteiger partial charge in [-0.25, -0.2) is 0 Å². The normalized spacial score (nSPS) is 29.9. The molecule has 0 amide bonds. The van der Waals surface area contributed by atoms with E-state index in [0.717, 1.165) is 6.42 Å². The summed E-state index contributed by atoms with van der Waals surface area (Å²) >= 11 is 0. The second kappa shape index (κ2) is 6.11. The summed E-state index contributed by atoms with van der Waals surface area (Å²) in [6.45, 7) is 3.79. The predicted molar refractivity (Wildman–Crippen MR) is 65.6 cm³/mol. The Morgan fingerprint density at radius 2 is 2.16 bits per heavy atom. The maximum absolute atomic E-state index is 12.9. The van der Waals surface area contributed by atoms with Crippen LogP contribution in [0.15, 0.2) is 0 Å². The van der Waals surface area contributed by atoms with Crippen molar-refractivity contribution in [3.63, 3.8) is 0 Å². The molecule has 0 aliphatic heterocycles. The molecule has 0 aromatic rings. The second-order valence-corrected chi connectivity index (χ2v) is 5.36. The van der Waals surface area contributed by atoms with E-state index in [0.29, 0.717) is 12.8 Å². The highest BCUT2D eigenvalue weighted by Gasteiger charge is 2.51. The molecule has 1 fully saturated rings. The van der Waals surface area contributed by atoms with Crippen molar-refractivity contribution in [3.8, 4) is 0 Å². The highest BCUT2D eigenvalue weighted by atomic mass is 19.4. The fraction of sp³-hybridized carbons (Fsp3) is 0.923. The van der Waals surface area contributed by atoms with E-state index < -0.39 is 23.6 Å². The molecule has 0 bridgehead atoms. The molecule has 1 aliphatic rings. The molecule has 1 rings (SSSR count). The Balaban J connectivity index is 2.93. The van der Waals surface area contributed by atoms with Crippen LogP contribution < -0.4 is 5.32 Å². The highest BCUT2D eigenvalue weighted by molar-refractivity contribution is 5.81. The molecule has 0 radical (unpaired) electrons. The Morgan fingerprint density at radius 3 is 2.63 bits per heavy atom. The summed E-state index contributed by atoms with van der Waals surface area (Å²) in [6.07, 6.45) is -2.87. The van der Waals surface area contributed by atoms with E-state index in [4.69, 9.17) is 4.74 Å². The number of methoxy groups -OCH3 is 1. The number of carbonyl (C=O) groups excluding carboxylic acids is 1. The minimum atomic E-state index is -4.25. The number of ether oxygens (including phenoxy) is 1. The summed E-state index contributed by atoms with van der Waals surface area (Å²) < 4.78 is 43.4. The van der Waals surface area contributed by atoms with Crippen molar-refractivity contribution in [2.24, 2.45) is 5.92 Å². The number of hydrogen-bond acceptors (Lipinski definition) is 3. The molecule has 19 heavy (non-hydrogen) atoms. The van der Waals surface area contributed by atoms with E-state index in [-0.39, 0.29) is 18.9 Å². The van der Waals surface area contributed by atoms with Crippen molar-refractivity contribution in [2.45, 2.75) is 63.7 Å². The average Bonchev–Trinajstić information content (AvgIpc) is 2.36. The Kier molecular flexibility index (Phi) is 5.24. The van der Waals surface area contributed by atoms with Gasteiger partial charge in [-0.1, -0.05) is 13.3 Å². The van der Waals surface area contributed by atoms with Crippen LogP contribution in [-0.2, 0) is 9.53 Å². The fourth-order valence-electron chi connectivity index (χ4n) is 2.70. The van der Waals surface area contributed by atoms with Gasteiger partial charge in [0.15, 0.2) is 0 Å². The third kappa shape index (κ3) is 3.84. The number of nitrogens with one attached hydrogen (secondary N) is 1. The van der Waals surface area contributed by atoms with Crippen LogP contribution in [0.2, 0.25) is 0 Å². The third-order valence-corrected chi connectivity index (χ3v) is 3.93. The number of alkyl halides is 3. The summed E-state index contributed by atoms with van der Waals surface area (Å²) in [5.41, 5.74) is -1.19. The van der Waals surface area contributed by atoms with E-state index in [1.165, 1.54) is 7.11 Å². The summed E-state index contributed by atoms with van der Waals surface area (Å²) in [6, 6.07) is -0.0221. The molecule has 0 aromatic heterocycles. The molecule has 3 unspecified atom stereocenters. The van der Waals surface area contributed by atoms with Crippen molar-refractivity contribution in [1.82, 2.24) is 5.32 Å². The van der Waals surface area contributed by atoms with Crippen LogP contribution in [0.25, 0.3) is 0 Å². The molecular weight excluding hydrogens is 259 g/mol. The smallest absolute Gasteiger partial charge is 0.391 e. The molecule has 3 atom stereocenters. The topological polar surface area (TPSA) is 38.3 Å². The molecule has 0 spiro atoms. The van der Waals surface area contributed by atoms with Crippen LogP contribution in [-0.4, -0.2) is 30.8 Å². The van der Waals surface area contributed by atoms with Crippen LogP contribution in [0.4, 0.5) is 13.2 Å². The molecule has 0 aromatic carbocycles. The minimum Gasteiger partial charge on any atom is -0.468 e. The summed E-state index contributed by atoms with van der Waals surface area (Å²) in [4.78, 5) is 12.0. The van der Waals surface area contributed by atoms with Crippen molar-refractivity contribution < 1.29 is 22.7 Å². The van der Waals surface area contributed by atoms with Gasteiger partial charge in [-0.2, -0.15) is 13.2 Å². The Hall–Kier alpha value is -0.780. The summed E-state index contributed by atoms with van der Waals surface area (Å²) in [5, 5.41) is 3.06. The van der Waals surface area contributed by atoms with E-state index in [2.05, 4.69) is 5.32 Å². The van der Waals surface area contributed by atoms with Crippen molar-refractivity contribution >= 4 is 5.97 Å². The monoisotopic (exact) mass is 281 g/mol. The highest BCUT2D eigenvalue weighted by Crippen LogP contribution is 2.42. The lowest BCUT2D eigenvalue weighted by molar-refractivity contribution is -0.192. The lowest BCUT2D eigenvalue weighted by atomic mass is 9.74. The molecule has 3 nitrogen and oxygen atoms in total. The van der Waals surface area contributed by atoms with Gasteiger partial charge in [0.1, 0.15) is 5.54 Å². The van der Waals surface area contributed by atoms with Gasteiger partial charge in [-0.3, -0.25) is 10.1 Å². The average molecular weight is 281 g/mol. The van der Waals surface area contributed by atoms with Crippen LogP contribution >= 0.6 is 0 Å². The predicted octanol–water partition coefficient (Wildman–Crippen LogP) is 3.04. The van der Waals surface area contributed by atoms with Gasteiger partial charge in [-0.05, 0) is 32.6 Å². The molecule has 0 saturated heterocycles. The van der Waals surface area contributed by atoms with Crippen LogP contribution in [0, 0.1) is 5.92 Å². The zero-order chi connectivity index (χ0) is 14.7. The van der Waals surface area contributed by atoms with Crippen molar-refractivity contribution in [2.75, 3.05) is 7.11 Å². The molecule has 1 N–H and O–H groups in total. The SMILES string of the molecule is CCC(C)NC1(C(=O)OC)CCCC(C(F)(F)F)C1. The molecule has 1 saturated carbocycles. The zero-order valence-electron chi connectivity index (χ0n) is 11.6. The summed E-state index contributed by atoms with van der Waals surface area (Å²) in [7, 11) is 1.22. The maximum atomic E-state index is 12.9. The molecule has 6 heteroatoms. The largest absolute Gasteiger partial charge is 0.468 e. The van der Waals surface area contributed by atoms with Gasteiger partial charge in [0.2, 0.25) is 0 Å². The van der Waals surface area contributed by atoms with E-state index in [1.807, 2.05) is 13.8 Å². The molecule has 1 aliphatic carbocycles. The van der Waals surface area contributed by atoms with E-state index >= 15 is 0 Å². The van der Waals surface area contributed by atoms with E-state index in [9.17, 15) is 18.0 Å². The van der Waals surface area contributed by atoms with Crippen LogP contribution in [0.5, 0.6) is 0 Å². The first-order valence-corrected chi connectivity index (χ1v) is 6.68. The first kappa shape index (κ1) is 16.3. The lowest BCUT2D eigenvalue weighted by Crippen LogP contribution is -2.59. The Labute approximate surface area is 111 Å². The lowest BCUT2D eigenvalue weighted by Gasteiger charge is -2.41. The van der Waals surface area contributed by atoms with Gasteiger partial charge in [-0.15, -0.1) is 0 Å². The first-order valence-electron chi connectivity index (χ1n) is 6.68. The fourth-order valence-corrected chi connectivity index (χ4v) is 2.70. The summed E-state index contributed by atoms with van der Waals surface area (Å²) in [5.74, 6) is -2.02. The van der Waals surface area contributed by atoms with Gasteiger partial charge in [0.25, 0.3) is 0 Å². The minimum absolute atomic E-state index is 0.0221. The quantitative estimate of drug-likeness (QED) is 0.805. The van der Waals surface area contributed by atoms with Crippen molar-refractivity contribution in [1.29, 1.82) is 0 Å².